The lowest BCUT2D eigenvalue weighted by Gasteiger charge is -2.27. The van der Waals surface area contributed by atoms with E-state index in [2.05, 4.69) is 28.9 Å². The van der Waals surface area contributed by atoms with E-state index in [0.717, 1.165) is 39.3 Å². The third kappa shape index (κ3) is 9.77. The maximum atomic E-state index is 5.96. The van der Waals surface area contributed by atoms with Gasteiger partial charge in [-0.05, 0) is 33.5 Å². The number of morpholine rings is 1. The molecule has 2 N–H and O–H groups in total. The SMILES string of the molecule is CN(C)CCCCCCCN=C(N)N1CCOCC1.I. The van der Waals surface area contributed by atoms with Crippen LogP contribution in [0.3, 0.4) is 0 Å². The summed E-state index contributed by atoms with van der Waals surface area (Å²) in [6, 6.07) is 0. The Balaban J connectivity index is 0.00000361. The highest BCUT2D eigenvalue weighted by molar-refractivity contribution is 14.0. The van der Waals surface area contributed by atoms with Crippen molar-refractivity contribution < 1.29 is 4.74 Å². The summed E-state index contributed by atoms with van der Waals surface area (Å²) in [5.41, 5.74) is 5.96. The molecule has 120 valence electrons. The van der Waals surface area contributed by atoms with Gasteiger partial charge in [0.15, 0.2) is 5.96 Å². The monoisotopic (exact) mass is 398 g/mol. The summed E-state index contributed by atoms with van der Waals surface area (Å²) in [6.45, 7) is 5.34. The predicted octanol–water partition coefficient (Wildman–Crippen LogP) is 1.76. The summed E-state index contributed by atoms with van der Waals surface area (Å²) in [5, 5.41) is 0. The number of guanidine groups is 1. The normalized spacial score (nSPS) is 16.4. The summed E-state index contributed by atoms with van der Waals surface area (Å²) in [4.78, 5) is 8.81. The number of rotatable bonds is 8. The highest BCUT2D eigenvalue weighted by atomic mass is 127. The first kappa shape index (κ1) is 19.9. The van der Waals surface area contributed by atoms with E-state index >= 15 is 0 Å². The van der Waals surface area contributed by atoms with Crippen molar-refractivity contribution in [3.05, 3.63) is 0 Å². The zero-order valence-electron chi connectivity index (χ0n) is 13.0. The minimum absolute atomic E-state index is 0. The number of hydrogen-bond donors (Lipinski definition) is 1. The minimum atomic E-state index is 0. The molecule has 0 aromatic carbocycles. The van der Waals surface area contributed by atoms with Gasteiger partial charge in [0.2, 0.25) is 0 Å². The summed E-state index contributed by atoms with van der Waals surface area (Å²) >= 11 is 0. The Morgan fingerprint density at radius 2 is 1.70 bits per heavy atom. The fourth-order valence-electron chi connectivity index (χ4n) is 2.16. The lowest BCUT2D eigenvalue weighted by molar-refractivity contribution is 0.0674. The van der Waals surface area contributed by atoms with Crippen LogP contribution in [0.5, 0.6) is 0 Å². The van der Waals surface area contributed by atoms with E-state index in [9.17, 15) is 0 Å². The maximum absolute atomic E-state index is 5.96. The van der Waals surface area contributed by atoms with Crippen LogP contribution in [-0.4, -0.2) is 69.2 Å². The van der Waals surface area contributed by atoms with Gasteiger partial charge in [0.25, 0.3) is 0 Å². The average molecular weight is 398 g/mol. The van der Waals surface area contributed by atoms with Crippen LogP contribution in [0, 0.1) is 0 Å². The second kappa shape index (κ2) is 12.6. The van der Waals surface area contributed by atoms with Crippen molar-refractivity contribution in [3.63, 3.8) is 0 Å². The molecule has 0 aromatic rings. The van der Waals surface area contributed by atoms with Crippen LogP contribution in [0.1, 0.15) is 32.1 Å². The van der Waals surface area contributed by atoms with Gasteiger partial charge in [0, 0.05) is 19.6 Å². The van der Waals surface area contributed by atoms with Crippen LogP contribution in [0.15, 0.2) is 4.99 Å². The Kier molecular flexibility index (Phi) is 12.6. The number of unbranched alkanes of at least 4 members (excludes halogenated alkanes) is 4. The second-order valence-electron chi connectivity index (χ2n) is 5.41. The lowest BCUT2D eigenvalue weighted by Crippen LogP contribution is -2.44. The van der Waals surface area contributed by atoms with Crippen LogP contribution >= 0.6 is 24.0 Å². The van der Waals surface area contributed by atoms with Gasteiger partial charge in [-0.2, -0.15) is 0 Å². The van der Waals surface area contributed by atoms with Crippen LogP contribution in [0.2, 0.25) is 0 Å². The molecule has 0 spiro atoms. The molecule has 1 fully saturated rings. The van der Waals surface area contributed by atoms with Gasteiger partial charge in [-0.3, -0.25) is 4.99 Å². The van der Waals surface area contributed by atoms with Gasteiger partial charge in [-0.25, -0.2) is 0 Å². The molecule has 1 saturated heterocycles. The van der Waals surface area contributed by atoms with Crippen molar-refractivity contribution in [3.8, 4) is 0 Å². The predicted molar refractivity (Wildman–Crippen MR) is 95.9 cm³/mol. The van der Waals surface area contributed by atoms with E-state index in [1.54, 1.807) is 0 Å². The first-order valence-corrected chi connectivity index (χ1v) is 7.47. The Hall–Kier alpha value is -0.0800. The van der Waals surface area contributed by atoms with E-state index in [0.29, 0.717) is 5.96 Å². The molecule has 0 atom stereocenters. The molecular formula is C14H31IN4O. The van der Waals surface area contributed by atoms with Gasteiger partial charge in [-0.15, -0.1) is 24.0 Å². The topological polar surface area (TPSA) is 54.1 Å². The molecule has 0 bridgehead atoms. The van der Waals surface area contributed by atoms with Crippen LogP contribution in [0.25, 0.3) is 0 Å². The molecule has 0 amide bonds. The highest BCUT2D eigenvalue weighted by Crippen LogP contribution is 2.04. The quantitative estimate of drug-likeness (QED) is 0.293. The summed E-state index contributed by atoms with van der Waals surface area (Å²) < 4.78 is 5.29. The zero-order chi connectivity index (χ0) is 13.9. The summed E-state index contributed by atoms with van der Waals surface area (Å²) in [5.74, 6) is 0.691. The summed E-state index contributed by atoms with van der Waals surface area (Å²) in [6.07, 6.45) is 6.33. The molecule has 1 heterocycles. The number of nitrogens with two attached hydrogens (primary N) is 1. The van der Waals surface area contributed by atoms with Gasteiger partial charge < -0.3 is 20.3 Å². The first-order valence-electron chi connectivity index (χ1n) is 7.47. The first-order chi connectivity index (χ1) is 9.20. The lowest BCUT2D eigenvalue weighted by atomic mass is 10.1. The van der Waals surface area contributed by atoms with E-state index in [-0.39, 0.29) is 24.0 Å². The molecule has 0 saturated carbocycles. The molecule has 5 nitrogen and oxygen atoms in total. The van der Waals surface area contributed by atoms with Crippen molar-refractivity contribution in [2.75, 3.05) is 53.5 Å². The maximum Gasteiger partial charge on any atom is 0.191 e. The zero-order valence-corrected chi connectivity index (χ0v) is 15.3. The van der Waals surface area contributed by atoms with Crippen molar-refractivity contribution >= 4 is 29.9 Å². The van der Waals surface area contributed by atoms with E-state index in [1.807, 2.05) is 0 Å². The van der Waals surface area contributed by atoms with Crippen LogP contribution < -0.4 is 5.73 Å². The van der Waals surface area contributed by atoms with Crippen molar-refractivity contribution in [1.29, 1.82) is 0 Å². The molecular weight excluding hydrogens is 367 g/mol. The van der Waals surface area contributed by atoms with Gasteiger partial charge in [-0.1, -0.05) is 19.3 Å². The van der Waals surface area contributed by atoms with E-state index in [1.165, 1.54) is 32.2 Å². The number of nitrogens with zero attached hydrogens (tertiary/aromatic N) is 3. The molecule has 1 aliphatic rings. The van der Waals surface area contributed by atoms with Gasteiger partial charge in [0.05, 0.1) is 13.2 Å². The van der Waals surface area contributed by atoms with Gasteiger partial charge >= 0.3 is 0 Å². The van der Waals surface area contributed by atoms with Gasteiger partial charge in [0.1, 0.15) is 0 Å². The van der Waals surface area contributed by atoms with E-state index in [4.69, 9.17) is 10.5 Å². The summed E-state index contributed by atoms with van der Waals surface area (Å²) in [7, 11) is 4.26. The van der Waals surface area contributed by atoms with Crippen molar-refractivity contribution in [2.45, 2.75) is 32.1 Å². The number of halogens is 1. The Morgan fingerprint density at radius 1 is 1.10 bits per heavy atom. The largest absolute Gasteiger partial charge is 0.378 e. The molecule has 20 heavy (non-hydrogen) atoms. The Bertz CT molecular complexity index is 256. The number of hydrogen-bond acceptors (Lipinski definition) is 3. The van der Waals surface area contributed by atoms with Crippen molar-refractivity contribution in [2.24, 2.45) is 10.7 Å². The third-order valence-electron chi connectivity index (χ3n) is 3.37. The molecule has 0 aliphatic carbocycles. The van der Waals surface area contributed by atoms with E-state index < -0.39 is 0 Å². The molecule has 0 unspecified atom stereocenters. The average Bonchev–Trinajstić information content (AvgIpc) is 2.42. The third-order valence-corrected chi connectivity index (χ3v) is 3.37. The smallest absolute Gasteiger partial charge is 0.191 e. The standard InChI is InChI=1S/C14H30N4O.HI/c1-17(2)9-7-5-3-4-6-8-16-14(15)18-10-12-19-13-11-18;/h3-13H2,1-2H3,(H2,15,16);1H. The molecule has 1 aliphatic heterocycles. The molecule has 1 rings (SSSR count). The molecule has 0 aromatic heterocycles. The number of aliphatic imine (C=N–C) groups is 1. The second-order valence-corrected chi connectivity index (χ2v) is 5.41. The highest BCUT2D eigenvalue weighted by Gasteiger charge is 2.11. The molecule has 0 radical (unpaired) electrons. The van der Waals surface area contributed by atoms with Crippen LogP contribution in [0.4, 0.5) is 0 Å². The fourth-order valence-corrected chi connectivity index (χ4v) is 2.16. The Morgan fingerprint density at radius 3 is 2.35 bits per heavy atom. The van der Waals surface area contributed by atoms with Crippen molar-refractivity contribution in [1.82, 2.24) is 9.80 Å². The minimum Gasteiger partial charge on any atom is -0.378 e. The van der Waals surface area contributed by atoms with Crippen LogP contribution in [-0.2, 0) is 4.74 Å². The molecule has 6 heteroatoms. The fraction of sp³-hybridized carbons (Fsp3) is 0.929. The Labute approximate surface area is 140 Å². The number of ether oxygens (including phenoxy) is 1.